The number of aromatic amines is 1. The SMILES string of the molecule is O=c1[nH]cnc(Sc2ccncn2)c1Br. The van der Waals surface area contributed by atoms with Crippen LogP contribution in [0.25, 0.3) is 0 Å². The van der Waals surface area contributed by atoms with Gasteiger partial charge in [-0.3, -0.25) is 4.79 Å². The molecule has 7 heteroatoms. The summed E-state index contributed by atoms with van der Waals surface area (Å²) in [4.78, 5) is 25.6. The second-order valence-electron chi connectivity index (χ2n) is 2.50. The minimum atomic E-state index is -0.207. The van der Waals surface area contributed by atoms with Crippen LogP contribution in [0.3, 0.4) is 0 Å². The molecule has 0 aliphatic carbocycles. The van der Waals surface area contributed by atoms with Crippen LogP contribution in [0.4, 0.5) is 0 Å². The normalized spacial score (nSPS) is 10.2. The first-order valence-corrected chi connectivity index (χ1v) is 5.55. The predicted molar refractivity (Wildman–Crippen MR) is 58.7 cm³/mol. The quantitative estimate of drug-likeness (QED) is 0.846. The lowest BCUT2D eigenvalue weighted by Crippen LogP contribution is -2.07. The Labute approximate surface area is 97.5 Å². The molecule has 76 valence electrons. The molecule has 1 N–H and O–H groups in total. The Morgan fingerprint density at radius 1 is 1.40 bits per heavy atom. The van der Waals surface area contributed by atoms with Gasteiger partial charge < -0.3 is 4.98 Å². The number of nitrogens with zero attached hydrogens (tertiary/aromatic N) is 3. The van der Waals surface area contributed by atoms with E-state index in [9.17, 15) is 4.79 Å². The third-order valence-electron chi connectivity index (χ3n) is 1.52. The lowest BCUT2D eigenvalue weighted by molar-refractivity contribution is 0.979. The molecule has 0 aromatic carbocycles. The highest BCUT2D eigenvalue weighted by Crippen LogP contribution is 2.27. The molecular weight excluding hydrogens is 280 g/mol. The van der Waals surface area contributed by atoms with E-state index in [1.807, 2.05) is 0 Å². The molecule has 2 rings (SSSR count). The van der Waals surface area contributed by atoms with E-state index < -0.39 is 0 Å². The van der Waals surface area contributed by atoms with Gasteiger partial charge in [0.1, 0.15) is 20.9 Å². The van der Waals surface area contributed by atoms with Crippen LogP contribution in [0.1, 0.15) is 0 Å². The van der Waals surface area contributed by atoms with Gasteiger partial charge in [-0.05, 0) is 33.8 Å². The number of nitrogens with one attached hydrogen (secondary N) is 1. The fraction of sp³-hybridized carbons (Fsp3) is 0. The second-order valence-corrected chi connectivity index (χ2v) is 4.30. The number of rotatable bonds is 2. The van der Waals surface area contributed by atoms with Crippen molar-refractivity contribution < 1.29 is 0 Å². The number of hydrogen-bond acceptors (Lipinski definition) is 5. The molecule has 0 fully saturated rings. The largest absolute Gasteiger partial charge is 0.312 e. The first kappa shape index (κ1) is 10.3. The molecule has 0 bridgehead atoms. The zero-order chi connectivity index (χ0) is 10.7. The molecular formula is C8H5BrN4OS. The lowest BCUT2D eigenvalue weighted by Gasteiger charge is -1.99. The Morgan fingerprint density at radius 3 is 3.00 bits per heavy atom. The van der Waals surface area contributed by atoms with Crippen LogP contribution in [-0.4, -0.2) is 19.9 Å². The fourth-order valence-corrected chi connectivity index (χ4v) is 2.05. The summed E-state index contributed by atoms with van der Waals surface area (Å²) >= 11 is 4.47. The van der Waals surface area contributed by atoms with Crippen molar-refractivity contribution in [1.82, 2.24) is 19.9 Å². The molecule has 0 unspecified atom stereocenters. The van der Waals surface area contributed by atoms with Gasteiger partial charge in [0.15, 0.2) is 0 Å². The van der Waals surface area contributed by atoms with Crippen LogP contribution in [-0.2, 0) is 0 Å². The van der Waals surface area contributed by atoms with Gasteiger partial charge >= 0.3 is 0 Å². The summed E-state index contributed by atoms with van der Waals surface area (Å²) in [5.74, 6) is 0. The average Bonchev–Trinajstić information content (AvgIpc) is 2.26. The molecule has 5 nitrogen and oxygen atoms in total. The Morgan fingerprint density at radius 2 is 2.27 bits per heavy atom. The number of hydrogen-bond donors (Lipinski definition) is 1. The molecule has 0 radical (unpaired) electrons. The summed E-state index contributed by atoms with van der Waals surface area (Å²) in [6.07, 6.45) is 4.44. The van der Waals surface area contributed by atoms with Crippen molar-refractivity contribution >= 4 is 27.7 Å². The molecule has 2 aromatic rings. The molecule has 0 aliphatic rings. The Balaban J connectivity index is 2.33. The van der Waals surface area contributed by atoms with E-state index in [1.54, 1.807) is 12.3 Å². The van der Waals surface area contributed by atoms with E-state index in [0.29, 0.717) is 9.50 Å². The van der Waals surface area contributed by atoms with Crippen LogP contribution in [0.5, 0.6) is 0 Å². The molecule has 2 heterocycles. The van der Waals surface area contributed by atoms with Gasteiger partial charge in [0.25, 0.3) is 5.56 Å². The molecule has 0 spiro atoms. The summed E-state index contributed by atoms with van der Waals surface area (Å²) in [5.41, 5.74) is -0.207. The van der Waals surface area contributed by atoms with E-state index >= 15 is 0 Å². The first-order chi connectivity index (χ1) is 7.27. The van der Waals surface area contributed by atoms with Crippen LogP contribution < -0.4 is 5.56 Å². The van der Waals surface area contributed by atoms with E-state index in [1.165, 1.54) is 24.4 Å². The van der Waals surface area contributed by atoms with Gasteiger partial charge in [-0.15, -0.1) is 0 Å². The van der Waals surface area contributed by atoms with Crippen molar-refractivity contribution in [1.29, 1.82) is 0 Å². The van der Waals surface area contributed by atoms with Crippen LogP contribution >= 0.6 is 27.7 Å². The van der Waals surface area contributed by atoms with Gasteiger partial charge in [0, 0.05) is 6.20 Å². The molecule has 0 amide bonds. The van der Waals surface area contributed by atoms with Crippen molar-refractivity contribution in [3.05, 3.63) is 39.7 Å². The third kappa shape index (κ3) is 2.42. The minimum absolute atomic E-state index is 0.207. The average molecular weight is 285 g/mol. The standard InChI is InChI=1S/C8H5BrN4OS/c9-6-7(14)12-4-13-8(6)15-5-1-2-10-3-11-5/h1-4H,(H,12,13,14). The summed E-state index contributed by atoms with van der Waals surface area (Å²) in [7, 11) is 0. The smallest absolute Gasteiger partial charge is 0.266 e. The summed E-state index contributed by atoms with van der Waals surface area (Å²) in [6, 6.07) is 1.75. The summed E-state index contributed by atoms with van der Waals surface area (Å²) in [6.45, 7) is 0. The molecule has 0 saturated carbocycles. The number of aromatic nitrogens is 4. The van der Waals surface area contributed by atoms with Gasteiger partial charge in [-0.1, -0.05) is 0 Å². The Bertz CT molecular complexity index is 516. The van der Waals surface area contributed by atoms with E-state index in [4.69, 9.17) is 0 Å². The predicted octanol–water partition coefficient (Wildman–Crippen LogP) is 1.47. The van der Waals surface area contributed by atoms with Crippen LogP contribution in [0.15, 0.2) is 44.2 Å². The van der Waals surface area contributed by atoms with Crippen molar-refractivity contribution in [2.45, 2.75) is 10.1 Å². The molecule has 15 heavy (non-hydrogen) atoms. The molecule has 0 aliphatic heterocycles. The van der Waals surface area contributed by atoms with Crippen LogP contribution in [0, 0.1) is 0 Å². The summed E-state index contributed by atoms with van der Waals surface area (Å²) < 4.78 is 0.411. The van der Waals surface area contributed by atoms with Gasteiger partial charge in [-0.2, -0.15) is 0 Å². The lowest BCUT2D eigenvalue weighted by atomic mass is 10.7. The molecule has 2 aromatic heterocycles. The highest BCUT2D eigenvalue weighted by Gasteiger charge is 2.07. The van der Waals surface area contributed by atoms with Crippen LogP contribution in [0.2, 0.25) is 0 Å². The molecule has 0 saturated heterocycles. The Kier molecular flexibility index (Phi) is 3.12. The highest BCUT2D eigenvalue weighted by atomic mass is 79.9. The topological polar surface area (TPSA) is 71.5 Å². The van der Waals surface area contributed by atoms with E-state index in [0.717, 1.165) is 5.03 Å². The number of halogens is 1. The Hall–Kier alpha value is -1.21. The van der Waals surface area contributed by atoms with E-state index in [-0.39, 0.29) is 5.56 Å². The minimum Gasteiger partial charge on any atom is -0.312 e. The third-order valence-corrected chi connectivity index (χ3v) is 3.47. The van der Waals surface area contributed by atoms with Gasteiger partial charge in [0.05, 0.1) is 6.33 Å². The summed E-state index contributed by atoms with van der Waals surface area (Å²) in [5, 5.41) is 1.32. The zero-order valence-electron chi connectivity index (χ0n) is 7.35. The maximum absolute atomic E-state index is 11.2. The maximum Gasteiger partial charge on any atom is 0.266 e. The molecule has 0 atom stereocenters. The fourth-order valence-electron chi connectivity index (χ4n) is 0.876. The van der Waals surface area contributed by atoms with Crippen molar-refractivity contribution in [3.8, 4) is 0 Å². The van der Waals surface area contributed by atoms with Gasteiger partial charge in [0.2, 0.25) is 0 Å². The first-order valence-electron chi connectivity index (χ1n) is 3.94. The van der Waals surface area contributed by atoms with Crippen molar-refractivity contribution in [2.24, 2.45) is 0 Å². The van der Waals surface area contributed by atoms with Crippen molar-refractivity contribution in [3.63, 3.8) is 0 Å². The van der Waals surface area contributed by atoms with Crippen molar-refractivity contribution in [2.75, 3.05) is 0 Å². The highest BCUT2D eigenvalue weighted by molar-refractivity contribution is 9.10. The zero-order valence-corrected chi connectivity index (χ0v) is 9.75. The second kappa shape index (κ2) is 4.54. The monoisotopic (exact) mass is 284 g/mol. The number of H-pyrrole nitrogens is 1. The van der Waals surface area contributed by atoms with E-state index in [2.05, 4.69) is 35.9 Å². The maximum atomic E-state index is 11.2. The van der Waals surface area contributed by atoms with Gasteiger partial charge in [-0.25, -0.2) is 15.0 Å².